The van der Waals surface area contributed by atoms with Crippen LogP contribution in [0.4, 0.5) is 0 Å². The Morgan fingerprint density at radius 2 is 2.12 bits per heavy atom. The molecule has 1 atom stereocenters. The Kier molecular flexibility index (Phi) is 6.23. The number of hydrogen-bond donors (Lipinski definition) is 2. The zero-order valence-corrected chi connectivity index (χ0v) is 10.5. The molecule has 0 aromatic rings. The SMILES string of the molecule is CCOC(C)CN=C(N)NC1CCCCC1. The summed E-state index contributed by atoms with van der Waals surface area (Å²) >= 11 is 0. The summed E-state index contributed by atoms with van der Waals surface area (Å²) in [5, 5.41) is 3.29. The molecule has 0 aromatic carbocycles. The summed E-state index contributed by atoms with van der Waals surface area (Å²) < 4.78 is 5.39. The Balaban J connectivity index is 2.21. The summed E-state index contributed by atoms with van der Waals surface area (Å²) in [6.07, 6.45) is 6.56. The maximum absolute atomic E-state index is 5.83. The number of nitrogens with zero attached hydrogens (tertiary/aromatic N) is 1. The van der Waals surface area contributed by atoms with E-state index in [-0.39, 0.29) is 6.10 Å². The molecular formula is C12H25N3O. The highest BCUT2D eigenvalue weighted by atomic mass is 16.5. The predicted octanol–water partition coefficient (Wildman–Crippen LogP) is 1.65. The molecule has 0 amide bonds. The number of nitrogens with two attached hydrogens (primary N) is 1. The van der Waals surface area contributed by atoms with Crippen LogP contribution in [0.1, 0.15) is 46.0 Å². The lowest BCUT2D eigenvalue weighted by Crippen LogP contribution is -2.41. The van der Waals surface area contributed by atoms with Gasteiger partial charge >= 0.3 is 0 Å². The van der Waals surface area contributed by atoms with Crippen molar-refractivity contribution in [2.24, 2.45) is 10.7 Å². The van der Waals surface area contributed by atoms with Gasteiger partial charge in [-0.15, -0.1) is 0 Å². The molecule has 0 aromatic heterocycles. The molecule has 1 unspecified atom stereocenters. The molecule has 0 saturated heterocycles. The molecule has 0 radical (unpaired) electrons. The van der Waals surface area contributed by atoms with E-state index >= 15 is 0 Å². The fraction of sp³-hybridized carbons (Fsp3) is 0.917. The molecule has 0 bridgehead atoms. The summed E-state index contributed by atoms with van der Waals surface area (Å²) in [4.78, 5) is 4.30. The third kappa shape index (κ3) is 5.35. The van der Waals surface area contributed by atoms with Crippen molar-refractivity contribution in [2.45, 2.75) is 58.1 Å². The van der Waals surface area contributed by atoms with Crippen LogP contribution in [0.25, 0.3) is 0 Å². The molecule has 0 aliphatic heterocycles. The Morgan fingerprint density at radius 1 is 1.44 bits per heavy atom. The summed E-state index contributed by atoms with van der Waals surface area (Å²) in [5.41, 5.74) is 5.83. The van der Waals surface area contributed by atoms with Gasteiger partial charge in [-0.3, -0.25) is 4.99 Å². The minimum Gasteiger partial charge on any atom is -0.377 e. The lowest BCUT2D eigenvalue weighted by atomic mass is 9.96. The molecule has 0 spiro atoms. The average Bonchev–Trinajstić information content (AvgIpc) is 2.28. The number of rotatable bonds is 5. The molecule has 94 valence electrons. The van der Waals surface area contributed by atoms with E-state index in [2.05, 4.69) is 10.3 Å². The van der Waals surface area contributed by atoms with Crippen molar-refractivity contribution in [3.63, 3.8) is 0 Å². The Bertz CT molecular complexity index is 212. The van der Waals surface area contributed by atoms with Crippen molar-refractivity contribution in [1.82, 2.24) is 5.32 Å². The number of aliphatic imine (C=N–C) groups is 1. The van der Waals surface area contributed by atoms with Crippen LogP contribution >= 0.6 is 0 Å². The monoisotopic (exact) mass is 227 g/mol. The highest BCUT2D eigenvalue weighted by Gasteiger charge is 2.13. The van der Waals surface area contributed by atoms with Crippen molar-refractivity contribution < 1.29 is 4.74 Å². The highest BCUT2D eigenvalue weighted by molar-refractivity contribution is 5.78. The van der Waals surface area contributed by atoms with Gasteiger partial charge in [0.1, 0.15) is 0 Å². The second kappa shape index (κ2) is 7.49. The summed E-state index contributed by atoms with van der Waals surface area (Å²) in [6.45, 7) is 5.37. The predicted molar refractivity (Wildman–Crippen MR) is 67.6 cm³/mol. The number of hydrogen-bond acceptors (Lipinski definition) is 2. The molecule has 1 fully saturated rings. The fourth-order valence-electron chi connectivity index (χ4n) is 2.07. The molecule has 4 heteroatoms. The van der Waals surface area contributed by atoms with Gasteiger partial charge in [-0.25, -0.2) is 0 Å². The first-order valence-corrected chi connectivity index (χ1v) is 6.40. The standard InChI is InChI=1S/C12H25N3O/c1-3-16-10(2)9-14-12(13)15-11-7-5-4-6-8-11/h10-11H,3-9H2,1-2H3,(H3,13,14,15). The third-order valence-corrected chi connectivity index (χ3v) is 2.93. The minimum atomic E-state index is 0.150. The first-order chi connectivity index (χ1) is 7.72. The van der Waals surface area contributed by atoms with Crippen LogP contribution in [0.2, 0.25) is 0 Å². The molecule has 1 aliphatic carbocycles. The Labute approximate surface area is 98.6 Å². The van der Waals surface area contributed by atoms with Gasteiger partial charge in [-0.05, 0) is 26.7 Å². The second-order valence-corrected chi connectivity index (χ2v) is 4.47. The molecule has 1 saturated carbocycles. The molecule has 1 aliphatic rings. The lowest BCUT2D eigenvalue weighted by Gasteiger charge is -2.23. The minimum absolute atomic E-state index is 0.150. The van der Waals surface area contributed by atoms with E-state index in [1.807, 2.05) is 13.8 Å². The van der Waals surface area contributed by atoms with Crippen LogP contribution < -0.4 is 11.1 Å². The van der Waals surface area contributed by atoms with Crippen LogP contribution in [-0.4, -0.2) is 31.3 Å². The number of ether oxygens (including phenoxy) is 1. The molecule has 16 heavy (non-hydrogen) atoms. The molecule has 3 N–H and O–H groups in total. The third-order valence-electron chi connectivity index (χ3n) is 2.93. The maximum Gasteiger partial charge on any atom is 0.188 e. The van der Waals surface area contributed by atoms with Crippen molar-refractivity contribution in [3.05, 3.63) is 0 Å². The largest absolute Gasteiger partial charge is 0.377 e. The summed E-state index contributed by atoms with van der Waals surface area (Å²) in [6, 6.07) is 0.528. The van der Waals surface area contributed by atoms with Gasteiger partial charge in [0, 0.05) is 12.6 Å². The van der Waals surface area contributed by atoms with Crippen molar-refractivity contribution in [1.29, 1.82) is 0 Å². The molecule has 1 rings (SSSR count). The smallest absolute Gasteiger partial charge is 0.188 e. The van der Waals surface area contributed by atoms with E-state index in [9.17, 15) is 0 Å². The van der Waals surface area contributed by atoms with Crippen molar-refractivity contribution >= 4 is 5.96 Å². The zero-order chi connectivity index (χ0) is 11.8. The van der Waals surface area contributed by atoms with E-state index in [1.54, 1.807) is 0 Å². The van der Waals surface area contributed by atoms with Crippen LogP contribution in [0.5, 0.6) is 0 Å². The van der Waals surface area contributed by atoms with Gasteiger partial charge in [-0.1, -0.05) is 19.3 Å². The number of nitrogens with one attached hydrogen (secondary N) is 1. The lowest BCUT2D eigenvalue weighted by molar-refractivity contribution is 0.0828. The van der Waals surface area contributed by atoms with Crippen molar-refractivity contribution in [2.75, 3.05) is 13.2 Å². The van der Waals surface area contributed by atoms with Crippen LogP contribution in [-0.2, 0) is 4.74 Å². The van der Waals surface area contributed by atoms with E-state index in [4.69, 9.17) is 10.5 Å². The van der Waals surface area contributed by atoms with E-state index in [1.165, 1.54) is 32.1 Å². The topological polar surface area (TPSA) is 59.6 Å². The fourth-order valence-corrected chi connectivity index (χ4v) is 2.07. The van der Waals surface area contributed by atoms with Crippen LogP contribution in [0.3, 0.4) is 0 Å². The zero-order valence-electron chi connectivity index (χ0n) is 10.5. The summed E-state index contributed by atoms with van der Waals surface area (Å²) in [5.74, 6) is 0.568. The molecular weight excluding hydrogens is 202 g/mol. The summed E-state index contributed by atoms with van der Waals surface area (Å²) in [7, 11) is 0. The first kappa shape index (κ1) is 13.3. The average molecular weight is 227 g/mol. The quantitative estimate of drug-likeness (QED) is 0.554. The Hall–Kier alpha value is -0.770. The molecule has 0 heterocycles. The first-order valence-electron chi connectivity index (χ1n) is 6.40. The highest BCUT2D eigenvalue weighted by Crippen LogP contribution is 2.16. The van der Waals surface area contributed by atoms with Gasteiger partial charge in [0.25, 0.3) is 0 Å². The normalized spacial score (nSPS) is 20.8. The molecule has 4 nitrogen and oxygen atoms in total. The number of guanidine groups is 1. The van der Waals surface area contributed by atoms with E-state index < -0.39 is 0 Å². The second-order valence-electron chi connectivity index (χ2n) is 4.47. The Morgan fingerprint density at radius 3 is 2.75 bits per heavy atom. The van der Waals surface area contributed by atoms with E-state index in [0.717, 1.165) is 6.61 Å². The van der Waals surface area contributed by atoms with Crippen LogP contribution in [0, 0.1) is 0 Å². The van der Waals surface area contributed by atoms with E-state index in [0.29, 0.717) is 18.5 Å². The maximum atomic E-state index is 5.83. The van der Waals surface area contributed by atoms with Crippen molar-refractivity contribution in [3.8, 4) is 0 Å². The van der Waals surface area contributed by atoms with Crippen LogP contribution in [0.15, 0.2) is 4.99 Å². The van der Waals surface area contributed by atoms with Gasteiger partial charge in [0.05, 0.1) is 12.6 Å². The van der Waals surface area contributed by atoms with Gasteiger partial charge in [0.2, 0.25) is 0 Å². The van der Waals surface area contributed by atoms with Gasteiger partial charge < -0.3 is 15.8 Å². The van der Waals surface area contributed by atoms with Gasteiger partial charge in [0.15, 0.2) is 5.96 Å². The van der Waals surface area contributed by atoms with Gasteiger partial charge in [-0.2, -0.15) is 0 Å².